The van der Waals surface area contributed by atoms with Gasteiger partial charge in [-0.25, -0.2) is 13.2 Å². The molecule has 1 N–H and O–H groups in total. The average Bonchev–Trinajstić information content (AvgIpc) is 3.51. The van der Waals surface area contributed by atoms with Crippen molar-refractivity contribution in [3.05, 3.63) is 98.3 Å². The summed E-state index contributed by atoms with van der Waals surface area (Å²) in [5, 5.41) is 2.38. The maximum Gasteiger partial charge on any atom is 0.397 e. The van der Waals surface area contributed by atoms with Crippen LogP contribution in [0.1, 0.15) is 33.0 Å². The summed E-state index contributed by atoms with van der Waals surface area (Å²) in [6.45, 7) is 0. The molecule has 234 valence electrons. The number of benzene rings is 3. The monoisotopic (exact) mass is 715 g/mol. The summed E-state index contributed by atoms with van der Waals surface area (Å²) in [7, 11) is 0. The van der Waals surface area contributed by atoms with Gasteiger partial charge in [-0.1, -0.05) is 35.3 Å². The second kappa shape index (κ2) is 13.5. The van der Waals surface area contributed by atoms with Crippen molar-refractivity contribution in [2.45, 2.75) is 29.3 Å². The first-order valence-electron chi connectivity index (χ1n) is 12.6. The molecule has 0 aromatic heterocycles. The first-order valence-corrected chi connectivity index (χ1v) is 15.2. The molecule has 1 amide bonds. The Labute approximate surface area is 271 Å². The van der Waals surface area contributed by atoms with Gasteiger partial charge in [0.25, 0.3) is 0 Å². The van der Waals surface area contributed by atoms with Crippen LogP contribution in [0.5, 0.6) is 0 Å². The lowest BCUT2D eigenvalue weighted by molar-refractivity contribution is -0.117. The number of carbonyl (C=O) groups is 3. The minimum Gasteiger partial charge on any atom is -0.326 e. The van der Waals surface area contributed by atoms with E-state index >= 15 is 4.39 Å². The molecular formula is C29H19Cl4F6NO3S. The Kier molecular flexibility index (Phi) is 10.6. The summed E-state index contributed by atoms with van der Waals surface area (Å²) < 4.78 is 78.5. The van der Waals surface area contributed by atoms with Crippen LogP contribution in [0.25, 0.3) is 0 Å². The van der Waals surface area contributed by atoms with E-state index in [4.69, 9.17) is 46.4 Å². The molecule has 1 aliphatic carbocycles. The molecule has 0 bridgehead atoms. The van der Waals surface area contributed by atoms with E-state index in [1.54, 1.807) is 0 Å². The molecule has 44 heavy (non-hydrogen) atoms. The van der Waals surface area contributed by atoms with Crippen molar-refractivity contribution in [3.63, 3.8) is 0 Å². The molecule has 4 rings (SSSR count). The largest absolute Gasteiger partial charge is 0.397 e. The number of rotatable bonds is 11. The third-order valence-corrected chi connectivity index (χ3v) is 9.31. The zero-order valence-corrected chi connectivity index (χ0v) is 25.9. The van der Waals surface area contributed by atoms with Crippen LogP contribution in [0.4, 0.5) is 32.0 Å². The standard InChI is InChI=1S/C29H19Cl4F6NO3S/c30-19-4-3-15(40-27(43)25-24(29(25,32)33)13-1-6-22(35)20(31)7-13)9-17(19)23(42)8-14-2-5-21(34)18(26(14)36)10-16(41)11-44-12-28(37,38)39/h1-7,9,24-25H,8,10-12H2,(H,40,43)/t24-,25+/m0/s1. The highest BCUT2D eigenvalue weighted by Crippen LogP contribution is 2.65. The van der Waals surface area contributed by atoms with Crippen LogP contribution >= 0.6 is 58.2 Å². The van der Waals surface area contributed by atoms with Crippen molar-refractivity contribution in [2.75, 3.05) is 16.8 Å². The van der Waals surface area contributed by atoms with E-state index in [1.165, 1.54) is 30.3 Å². The zero-order chi connectivity index (χ0) is 32.6. The van der Waals surface area contributed by atoms with Gasteiger partial charge in [-0.15, -0.1) is 35.0 Å². The highest BCUT2D eigenvalue weighted by Gasteiger charge is 2.67. The van der Waals surface area contributed by atoms with Crippen molar-refractivity contribution in [1.82, 2.24) is 0 Å². The van der Waals surface area contributed by atoms with E-state index in [9.17, 15) is 36.3 Å². The van der Waals surface area contributed by atoms with E-state index in [1.807, 2.05) is 0 Å². The van der Waals surface area contributed by atoms with E-state index in [0.29, 0.717) is 5.56 Å². The van der Waals surface area contributed by atoms with Gasteiger partial charge in [-0.05, 0) is 47.5 Å². The van der Waals surface area contributed by atoms with Crippen molar-refractivity contribution in [3.8, 4) is 0 Å². The average molecular weight is 717 g/mol. The molecule has 15 heteroatoms. The molecular weight excluding hydrogens is 698 g/mol. The Morgan fingerprint density at radius 1 is 0.886 bits per heavy atom. The number of amides is 1. The number of nitrogens with one attached hydrogen (secondary N) is 1. The minimum atomic E-state index is -4.50. The number of ketones is 2. The van der Waals surface area contributed by atoms with E-state index < -0.39 is 87.2 Å². The van der Waals surface area contributed by atoms with Crippen LogP contribution in [0, 0.1) is 23.4 Å². The molecule has 0 heterocycles. The van der Waals surface area contributed by atoms with Crippen LogP contribution < -0.4 is 5.32 Å². The SMILES string of the molecule is O=C(CSCC(F)(F)F)Cc1c(F)ccc(CC(=O)c2cc(NC(=O)[C@H]3[C@H](c4ccc(F)c(Cl)c4)C3(Cl)Cl)ccc2Cl)c1F. The number of anilines is 1. The second-order valence-electron chi connectivity index (χ2n) is 9.91. The van der Waals surface area contributed by atoms with Gasteiger partial charge in [0.05, 0.1) is 27.5 Å². The molecule has 0 aliphatic heterocycles. The van der Waals surface area contributed by atoms with Crippen LogP contribution in [0.2, 0.25) is 10.0 Å². The highest BCUT2D eigenvalue weighted by molar-refractivity contribution is 8.00. The van der Waals surface area contributed by atoms with Gasteiger partial charge in [-0.3, -0.25) is 14.4 Å². The minimum absolute atomic E-state index is 0.0399. The van der Waals surface area contributed by atoms with Gasteiger partial charge in [0.15, 0.2) is 5.78 Å². The van der Waals surface area contributed by atoms with Crippen LogP contribution in [0.3, 0.4) is 0 Å². The lowest BCUT2D eigenvalue weighted by Crippen LogP contribution is -2.18. The van der Waals surface area contributed by atoms with Crippen LogP contribution in [0.15, 0.2) is 48.5 Å². The van der Waals surface area contributed by atoms with Gasteiger partial charge in [0, 0.05) is 35.6 Å². The van der Waals surface area contributed by atoms with Crippen molar-refractivity contribution in [2.24, 2.45) is 5.92 Å². The maximum atomic E-state index is 15.2. The molecule has 4 nitrogen and oxygen atoms in total. The molecule has 3 aromatic rings. The predicted molar refractivity (Wildman–Crippen MR) is 159 cm³/mol. The Morgan fingerprint density at radius 3 is 2.23 bits per heavy atom. The Morgan fingerprint density at radius 2 is 1.57 bits per heavy atom. The summed E-state index contributed by atoms with van der Waals surface area (Å²) in [6.07, 6.45) is -5.92. The van der Waals surface area contributed by atoms with E-state index in [-0.39, 0.29) is 38.6 Å². The first-order chi connectivity index (χ1) is 20.5. The molecule has 0 unspecified atom stereocenters. The fraction of sp³-hybridized carbons (Fsp3) is 0.276. The first kappa shape index (κ1) is 34.4. The van der Waals surface area contributed by atoms with Crippen molar-refractivity contribution >= 4 is 81.3 Å². The summed E-state index contributed by atoms with van der Waals surface area (Å²) in [6, 6.07) is 9.64. The van der Waals surface area contributed by atoms with E-state index in [2.05, 4.69) is 5.32 Å². The van der Waals surface area contributed by atoms with Crippen molar-refractivity contribution < 1.29 is 40.7 Å². The number of hydrogen-bond donors (Lipinski definition) is 1. The normalized spacial score (nSPS) is 17.3. The lowest BCUT2D eigenvalue weighted by Gasteiger charge is -2.12. The predicted octanol–water partition coefficient (Wildman–Crippen LogP) is 8.77. The van der Waals surface area contributed by atoms with Gasteiger partial charge >= 0.3 is 6.18 Å². The lowest BCUT2D eigenvalue weighted by atomic mass is 9.98. The molecule has 3 aromatic carbocycles. The topological polar surface area (TPSA) is 63.2 Å². The third-order valence-electron chi connectivity index (χ3n) is 6.69. The Balaban J connectivity index is 1.46. The van der Waals surface area contributed by atoms with E-state index in [0.717, 1.165) is 18.2 Å². The quantitative estimate of drug-likeness (QED) is 0.123. The third kappa shape index (κ3) is 8.04. The second-order valence-corrected chi connectivity index (χ2v) is 13.2. The van der Waals surface area contributed by atoms with Gasteiger partial charge < -0.3 is 5.32 Å². The number of halogens is 10. The van der Waals surface area contributed by atoms with Gasteiger partial charge in [0.2, 0.25) is 5.91 Å². The molecule has 2 atom stereocenters. The molecule has 1 saturated carbocycles. The number of hydrogen-bond acceptors (Lipinski definition) is 4. The molecule has 0 saturated heterocycles. The maximum absolute atomic E-state index is 15.2. The number of Topliss-reactive ketones (excluding diaryl/α,β-unsaturated/α-hetero) is 2. The Hall–Kier alpha value is -2.44. The molecule has 1 fully saturated rings. The van der Waals surface area contributed by atoms with Crippen molar-refractivity contribution in [1.29, 1.82) is 0 Å². The Bertz CT molecular complexity index is 1640. The van der Waals surface area contributed by atoms with Crippen LogP contribution in [-0.4, -0.2) is 39.5 Å². The number of alkyl halides is 5. The highest BCUT2D eigenvalue weighted by atomic mass is 35.5. The smallest absolute Gasteiger partial charge is 0.326 e. The number of thioether (sulfide) groups is 1. The molecule has 0 radical (unpaired) electrons. The fourth-order valence-corrected chi connectivity index (χ4v) is 6.46. The zero-order valence-electron chi connectivity index (χ0n) is 22.0. The van der Waals surface area contributed by atoms with Gasteiger partial charge in [0.1, 0.15) is 27.6 Å². The summed E-state index contributed by atoms with van der Waals surface area (Å²) >= 11 is 25.0. The summed E-state index contributed by atoms with van der Waals surface area (Å²) in [4.78, 5) is 38.2. The summed E-state index contributed by atoms with van der Waals surface area (Å²) in [5.41, 5.74) is -0.504. The fourth-order valence-electron chi connectivity index (χ4n) is 4.55. The molecule has 0 spiro atoms. The summed E-state index contributed by atoms with van der Waals surface area (Å²) in [5.74, 6) is -8.66. The number of carbonyl (C=O) groups excluding carboxylic acids is 3. The van der Waals surface area contributed by atoms with Gasteiger partial charge in [-0.2, -0.15) is 13.2 Å². The van der Waals surface area contributed by atoms with Crippen LogP contribution in [-0.2, 0) is 22.4 Å². The molecule has 1 aliphatic rings.